The van der Waals surface area contributed by atoms with Crippen LogP contribution < -0.4 is 10.5 Å². The van der Waals surface area contributed by atoms with E-state index in [1.165, 1.54) is 0 Å². The van der Waals surface area contributed by atoms with Crippen molar-refractivity contribution < 1.29 is 13.2 Å². The van der Waals surface area contributed by atoms with E-state index in [1.807, 2.05) is 18.2 Å². The maximum atomic E-state index is 12.6. The van der Waals surface area contributed by atoms with Gasteiger partial charge in [0.15, 0.2) is 5.13 Å². The summed E-state index contributed by atoms with van der Waals surface area (Å²) in [6.07, 6.45) is -0.0213. The van der Waals surface area contributed by atoms with Crippen molar-refractivity contribution in [2.24, 2.45) is 5.73 Å². The van der Waals surface area contributed by atoms with Gasteiger partial charge in [-0.25, -0.2) is 13.4 Å². The Balaban J connectivity index is 1.95. The van der Waals surface area contributed by atoms with Gasteiger partial charge in [0.1, 0.15) is 0 Å². The van der Waals surface area contributed by atoms with Crippen LogP contribution in [0.15, 0.2) is 52.7 Å². The average Bonchev–Trinajstić information content (AvgIpc) is 2.92. The monoisotopic (exact) mass is 347 g/mol. The van der Waals surface area contributed by atoms with Crippen LogP contribution in [0.2, 0.25) is 0 Å². The van der Waals surface area contributed by atoms with Crippen molar-refractivity contribution in [1.29, 1.82) is 0 Å². The number of carbonyl (C=O) groups excluding carboxylic acids is 1. The first-order valence-electron chi connectivity index (χ1n) is 6.69. The zero-order chi connectivity index (χ0) is 16.4. The zero-order valence-electron chi connectivity index (χ0n) is 11.9. The number of hydrogen-bond donors (Lipinski definition) is 2. The van der Waals surface area contributed by atoms with Gasteiger partial charge < -0.3 is 5.73 Å². The average molecular weight is 347 g/mol. The second-order valence-corrected chi connectivity index (χ2v) is 7.38. The zero-order valence-corrected chi connectivity index (χ0v) is 13.5. The van der Waals surface area contributed by atoms with E-state index in [0.717, 1.165) is 16.7 Å². The fraction of sp³-hybridized carbons (Fsp3) is 0.0667. The summed E-state index contributed by atoms with van der Waals surface area (Å²) >= 11 is 1.11. The number of thiazole rings is 1. The molecular formula is C15H13N3O3S2. The predicted octanol–water partition coefficient (Wildman–Crippen LogP) is 2.12. The summed E-state index contributed by atoms with van der Waals surface area (Å²) in [7, 11) is -3.77. The van der Waals surface area contributed by atoms with Gasteiger partial charge in [-0.2, -0.15) is 0 Å². The molecule has 1 heterocycles. The highest BCUT2D eigenvalue weighted by Crippen LogP contribution is 2.26. The van der Waals surface area contributed by atoms with Crippen molar-refractivity contribution >= 4 is 43.2 Å². The van der Waals surface area contributed by atoms with Crippen LogP contribution >= 0.6 is 11.3 Å². The minimum atomic E-state index is -3.77. The third-order valence-electron chi connectivity index (χ3n) is 3.17. The quantitative estimate of drug-likeness (QED) is 0.738. The lowest BCUT2D eigenvalue weighted by atomic mass is 10.1. The number of sulfonamides is 1. The summed E-state index contributed by atoms with van der Waals surface area (Å²) in [6, 6.07) is 12.3. The Labute approximate surface area is 137 Å². The molecule has 1 aromatic heterocycles. The second kappa shape index (κ2) is 5.98. The standard InChI is InChI=1S/C15H13N3O3S2/c16-14(19)8-11-9-22-15(17-11)18-23(20,21)13-7-3-5-10-4-1-2-6-12(10)13/h1-7,9H,8H2,(H2,16,19)(H,17,18). The summed E-state index contributed by atoms with van der Waals surface area (Å²) in [4.78, 5) is 15.1. The molecule has 6 nitrogen and oxygen atoms in total. The molecule has 3 aromatic rings. The van der Waals surface area contributed by atoms with Crippen molar-refractivity contribution in [3.8, 4) is 0 Å². The SMILES string of the molecule is NC(=O)Cc1csc(NS(=O)(=O)c2cccc3ccccc23)n1. The molecule has 0 aliphatic heterocycles. The van der Waals surface area contributed by atoms with Gasteiger partial charge >= 0.3 is 0 Å². The van der Waals surface area contributed by atoms with Crippen LogP contribution in [0.3, 0.4) is 0 Å². The molecule has 118 valence electrons. The number of nitrogens with one attached hydrogen (secondary N) is 1. The Kier molecular flexibility index (Phi) is 4.01. The number of fused-ring (bicyclic) bond motifs is 1. The van der Waals surface area contributed by atoms with E-state index in [2.05, 4.69) is 9.71 Å². The first-order chi connectivity index (χ1) is 11.0. The molecule has 3 rings (SSSR count). The van der Waals surface area contributed by atoms with Crippen molar-refractivity contribution in [2.75, 3.05) is 4.72 Å². The number of nitrogens with zero attached hydrogens (tertiary/aromatic N) is 1. The maximum absolute atomic E-state index is 12.6. The topological polar surface area (TPSA) is 102 Å². The number of benzene rings is 2. The summed E-state index contributed by atoms with van der Waals surface area (Å²) in [5.74, 6) is -0.515. The molecule has 23 heavy (non-hydrogen) atoms. The second-order valence-electron chi connectivity index (χ2n) is 4.87. The largest absolute Gasteiger partial charge is 0.369 e. The minimum absolute atomic E-state index is 0.0213. The van der Waals surface area contributed by atoms with Gasteiger partial charge in [0.05, 0.1) is 17.0 Å². The number of hydrogen-bond acceptors (Lipinski definition) is 5. The van der Waals surface area contributed by atoms with Crippen LogP contribution in [0.1, 0.15) is 5.69 Å². The lowest BCUT2D eigenvalue weighted by Crippen LogP contribution is -2.15. The van der Waals surface area contributed by atoms with Crippen LogP contribution in [0.5, 0.6) is 0 Å². The molecule has 1 amide bonds. The Morgan fingerprint density at radius 1 is 1.17 bits per heavy atom. The highest BCUT2D eigenvalue weighted by Gasteiger charge is 2.19. The molecule has 0 atom stereocenters. The molecule has 0 bridgehead atoms. The molecule has 0 radical (unpaired) electrons. The van der Waals surface area contributed by atoms with Gasteiger partial charge in [-0.05, 0) is 11.5 Å². The van der Waals surface area contributed by atoms with E-state index in [1.54, 1.807) is 29.6 Å². The molecule has 2 aromatic carbocycles. The maximum Gasteiger partial charge on any atom is 0.264 e. The molecular weight excluding hydrogens is 334 g/mol. The molecule has 0 saturated carbocycles. The number of amides is 1. The third-order valence-corrected chi connectivity index (χ3v) is 5.50. The first kappa shape index (κ1) is 15.4. The third kappa shape index (κ3) is 3.33. The summed E-state index contributed by atoms with van der Waals surface area (Å²) in [5.41, 5.74) is 5.54. The number of rotatable bonds is 5. The summed E-state index contributed by atoms with van der Waals surface area (Å²) in [5, 5.41) is 3.28. The van der Waals surface area contributed by atoms with Gasteiger partial charge in [-0.15, -0.1) is 11.3 Å². The number of nitrogens with two attached hydrogens (primary N) is 1. The summed E-state index contributed by atoms with van der Waals surface area (Å²) in [6.45, 7) is 0. The minimum Gasteiger partial charge on any atom is -0.369 e. The fourth-order valence-corrected chi connectivity index (χ4v) is 4.41. The van der Waals surface area contributed by atoms with Crippen molar-refractivity contribution in [3.05, 3.63) is 53.5 Å². The molecule has 0 spiro atoms. The highest BCUT2D eigenvalue weighted by molar-refractivity contribution is 7.93. The van der Waals surface area contributed by atoms with E-state index in [-0.39, 0.29) is 16.4 Å². The number of aromatic nitrogens is 1. The lowest BCUT2D eigenvalue weighted by molar-refractivity contribution is -0.117. The van der Waals surface area contributed by atoms with Crippen molar-refractivity contribution in [3.63, 3.8) is 0 Å². The number of carbonyl (C=O) groups is 1. The smallest absolute Gasteiger partial charge is 0.264 e. The van der Waals surface area contributed by atoms with E-state index in [9.17, 15) is 13.2 Å². The van der Waals surface area contributed by atoms with Crippen LogP contribution in [0, 0.1) is 0 Å². The van der Waals surface area contributed by atoms with Gasteiger partial charge in [0.2, 0.25) is 5.91 Å². The van der Waals surface area contributed by atoms with Gasteiger partial charge in [-0.3, -0.25) is 9.52 Å². The molecule has 0 aliphatic carbocycles. The van der Waals surface area contributed by atoms with E-state index >= 15 is 0 Å². The molecule has 0 fully saturated rings. The summed E-state index contributed by atoms with van der Waals surface area (Å²) < 4.78 is 27.7. The van der Waals surface area contributed by atoms with Crippen LogP contribution in [0.25, 0.3) is 10.8 Å². The lowest BCUT2D eigenvalue weighted by Gasteiger charge is -2.08. The van der Waals surface area contributed by atoms with Crippen molar-refractivity contribution in [1.82, 2.24) is 4.98 Å². The van der Waals surface area contributed by atoms with Crippen LogP contribution in [0.4, 0.5) is 5.13 Å². The number of primary amides is 1. The molecule has 0 unspecified atom stereocenters. The molecule has 8 heteroatoms. The Morgan fingerprint density at radius 3 is 2.70 bits per heavy atom. The Morgan fingerprint density at radius 2 is 1.91 bits per heavy atom. The molecule has 0 aliphatic rings. The molecule has 0 saturated heterocycles. The van der Waals surface area contributed by atoms with Crippen molar-refractivity contribution in [2.45, 2.75) is 11.3 Å². The van der Waals surface area contributed by atoms with Gasteiger partial charge in [0.25, 0.3) is 10.0 Å². The highest BCUT2D eigenvalue weighted by atomic mass is 32.2. The van der Waals surface area contributed by atoms with E-state index in [4.69, 9.17) is 5.73 Å². The normalized spacial score (nSPS) is 11.5. The number of anilines is 1. The van der Waals surface area contributed by atoms with Crippen LogP contribution in [-0.2, 0) is 21.2 Å². The van der Waals surface area contributed by atoms with E-state index in [0.29, 0.717) is 11.1 Å². The molecule has 3 N–H and O–H groups in total. The van der Waals surface area contributed by atoms with E-state index < -0.39 is 15.9 Å². The first-order valence-corrected chi connectivity index (χ1v) is 9.05. The Bertz CT molecular complexity index is 975. The fourth-order valence-electron chi connectivity index (χ4n) is 2.21. The van der Waals surface area contributed by atoms with Crippen LogP contribution in [-0.4, -0.2) is 19.3 Å². The van der Waals surface area contributed by atoms with Gasteiger partial charge in [0, 0.05) is 10.8 Å². The predicted molar refractivity (Wildman–Crippen MR) is 89.8 cm³/mol. The Hall–Kier alpha value is -2.45. The van der Waals surface area contributed by atoms with Gasteiger partial charge in [-0.1, -0.05) is 36.4 Å².